The van der Waals surface area contributed by atoms with Crippen LogP contribution in [0.15, 0.2) is 36.4 Å². The maximum absolute atomic E-state index is 11.0. The first-order valence-electron chi connectivity index (χ1n) is 6.61. The highest BCUT2D eigenvalue weighted by molar-refractivity contribution is 5.89. The smallest absolute Gasteiger partial charge is 0.335 e. The Labute approximate surface area is 119 Å². The summed E-state index contributed by atoms with van der Waals surface area (Å²) in [6.07, 6.45) is 0. The van der Waals surface area contributed by atoms with Crippen LogP contribution in [-0.4, -0.2) is 11.1 Å². The first-order chi connectivity index (χ1) is 9.47. The third-order valence-electron chi connectivity index (χ3n) is 3.45. The average Bonchev–Trinajstić information content (AvgIpc) is 2.39. The molecule has 0 atom stereocenters. The van der Waals surface area contributed by atoms with Crippen molar-refractivity contribution in [1.29, 1.82) is 0 Å². The van der Waals surface area contributed by atoms with Crippen LogP contribution in [0.3, 0.4) is 0 Å². The van der Waals surface area contributed by atoms with Crippen LogP contribution in [0.5, 0.6) is 0 Å². The third-order valence-corrected chi connectivity index (χ3v) is 3.45. The lowest BCUT2D eigenvalue weighted by Gasteiger charge is -2.12. The first-order valence-corrected chi connectivity index (χ1v) is 6.61. The van der Waals surface area contributed by atoms with E-state index in [1.807, 2.05) is 13.0 Å². The van der Waals surface area contributed by atoms with Gasteiger partial charge < -0.3 is 10.4 Å². The fourth-order valence-corrected chi connectivity index (χ4v) is 2.18. The number of anilines is 1. The van der Waals surface area contributed by atoms with E-state index in [2.05, 4.69) is 37.4 Å². The molecule has 0 aliphatic carbocycles. The Kier molecular flexibility index (Phi) is 4.08. The summed E-state index contributed by atoms with van der Waals surface area (Å²) in [5.74, 6) is -0.903. The quantitative estimate of drug-likeness (QED) is 0.884. The molecular weight excluding hydrogens is 250 g/mol. The van der Waals surface area contributed by atoms with E-state index in [0.29, 0.717) is 12.1 Å². The molecule has 0 spiro atoms. The van der Waals surface area contributed by atoms with Gasteiger partial charge in [0.25, 0.3) is 0 Å². The Morgan fingerprint density at radius 1 is 1.05 bits per heavy atom. The van der Waals surface area contributed by atoms with Crippen molar-refractivity contribution in [3.05, 3.63) is 64.2 Å². The Hall–Kier alpha value is -2.29. The Bertz CT molecular complexity index is 647. The number of aromatic carboxylic acids is 1. The van der Waals surface area contributed by atoms with Gasteiger partial charge in [-0.1, -0.05) is 29.8 Å². The normalized spacial score (nSPS) is 10.3. The number of nitrogens with one attached hydrogen (secondary N) is 1. The molecule has 0 aliphatic rings. The van der Waals surface area contributed by atoms with Gasteiger partial charge in [0.15, 0.2) is 0 Å². The van der Waals surface area contributed by atoms with Crippen molar-refractivity contribution >= 4 is 11.7 Å². The third kappa shape index (κ3) is 3.18. The van der Waals surface area contributed by atoms with E-state index in [4.69, 9.17) is 5.11 Å². The van der Waals surface area contributed by atoms with E-state index < -0.39 is 5.97 Å². The van der Waals surface area contributed by atoms with Crippen molar-refractivity contribution in [2.45, 2.75) is 27.3 Å². The minimum absolute atomic E-state index is 0.304. The molecule has 3 heteroatoms. The maximum Gasteiger partial charge on any atom is 0.335 e. The second-order valence-electron chi connectivity index (χ2n) is 5.12. The molecule has 0 bridgehead atoms. The van der Waals surface area contributed by atoms with Crippen LogP contribution >= 0.6 is 0 Å². The molecule has 3 nitrogen and oxygen atoms in total. The van der Waals surface area contributed by atoms with Crippen molar-refractivity contribution in [2.24, 2.45) is 0 Å². The lowest BCUT2D eigenvalue weighted by Crippen LogP contribution is -2.05. The van der Waals surface area contributed by atoms with Gasteiger partial charge in [0.2, 0.25) is 0 Å². The van der Waals surface area contributed by atoms with Gasteiger partial charge in [-0.3, -0.25) is 0 Å². The van der Waals surface area contributed by atoms with Crippen molar-refractivity contribution in [1.82, 2.24) is 0 Å². The second kappa shape index (κ2) is 5.78. The maximum atomic E-state index is 11.0. The average molecular weight is 269 g/mol. The summed E-state index contributed by atoms with van der Waals surface area (Å²) < 4.78 is 0. The zero-order chi connectivity index (χ0) is 14.7. The fraction of sp³-hybridized carbons (Fsp3) is 0.235. The van der Waals surface area contributed by atoms with Crippen LogP contribution < -0.4 is 5.32 Å². The minimum atomic E-state index is -0.903. The molecule has 0 saturated heterocycles. The summed E-state index contributed by atoms with van der Waals surface area (Å²) >= 11 is 0. The monoisotopic (exact) mass is 269 g/mol. The highest BCUT2D eigenvalue weighted by atomic mass is 16.4. The van der Waals surface area contributed by atoms with E-state index in [9.17, 15) is 4.79 Å². The standard InChI is InChI=1S/C17H19NO2/c1-11-4-6-15(13(3)8-11)10-18-16-9-14(17(19)20)7-5-12(16)2/h4-9,18H,10H2,1-3H3,(H,19,20). The zero-order valence-electron chi connectivity index (χ0n) is 12.0. The van der Waals surface area contributed by atoms with Gasteiger partial charge in [0.05, 0.1) is 5.56 Å². The van der Waals surface area contributed by atoms with Crippen LogP contribution in [0, 0.1) is 20.8 Å². The number of hydrogen-bond donors (Lipinski definition) is 2. The molecule has 0 aliphatic heterocycles. The molecule has 20 heavy (non-hydrogen) atoms. The number of aryl methyl sites for hydroxylation is 3. The lowest BCUT2D eigenvalue weighted by molar-refractivity contribution is 0.0697. The highest BCUT2D eigenvalue weighted by Crippen LogP contribution is 2.19. The number of hydrogen-bond acceptors (Lipinski definition) is 2. The largest absolute Gasteiger partial charge is 0.478 e. The molecule has 0 unspecified atom stereocenters. The summed E-state index contributed by atoms with van der Waals surface area (Å²) in [5, 5.41) is 12.4. The van der Waals surface area contributed by atoms with Crippen molar-refractivity contribution in [3.63, 3.8) is 0 Å². The van der Waals surface area contributed by atoms with Crippen LogP contribution in [0.4, 0.5) is 5.69 Å². The van der Waals surface area contributed by atoms with E-state index in [-0.39, 0.29) is 0 Å². The van der Waals surface area contributed by atoms with Crippen molar-refractivity contribution < 1.29 is 9.90 Å². The number of carbonyl (C=O) groups is 1. The molecule has 0 aromatic heterocycles. The summed E-state index contributed by atoms with van der Waals surface area (Å²) in [5.41, 5.74) is 5.92. The zero-order valence-corrected chi connectivity index (χ0v) is 12.0. The first kappa shape index (κ1) is 14.1. The van der Waals surface area contributed by atoms with E-state index >= 15 is 0 Å². The summed E-state index contributed by atoms with van der Waals surface area (Å²) in [4.78, 5) is 11.0. The number of rotatable bonds is 4. The second-order valence-corrected chi connectivity index (χ2v) is 5.12. The van der Waals surface area contributed by atoms with Crippen LogP contribution in [-0.2, 0) is 6.54 Å². The van der Waals surface area contributed by atoms with Gasteiger partial charge in [-0.2, -0.15) is 0 Å². The molecule has 2 N–H and O–H groups in total. The summed E-state index contributed by atoms with van der Waals surface area (Å²) in [7, 11) is 0. The number of carboxylic acid groups (broad SMARTS) is 1. The molecule has 2 aromatic carbocycles. The molecule has 2 rings (SSSR count). The van der Waals surface area contributed by atoms with E-state index in [1.54, 1.807) is 12.1 Å². The lowest BCUT2D eigenvalue weighted by atomic mass is 10.1. The van der Waals surface area contributed by atoms with Crippen LogP contribution in [0.2, 0.25) is 0 Å². The Balaban J connectivity index is 2.18. The Morgan fingerprint density at radius 2 is 1.80 bits per heavy atom. The van der Waals surface area contributed by atoms with Crippen LogP contribution in [0.25, 0.3) is 0 Å². The summed E-state index contributed by atoms with van der Waals surface area (Å²) in [6.45, 7) is 6.82. The van der Waals surface area contributed by atoms with Gasteiger partial charge in [-0.05, 0) is 49.6 Å². The number of benzene rings is 2. The topological polar surface area (TPSA) is 49.3 Å². The molecule has 0 heterocycles. The van der Waals surface area contributed by atoms with Gasteiger partial charge in [0, 0.05) is 12.2 Å². The van der Waals surface area contributed by atoms with Gasteiger partial charge in [-0.25, -0.2) is 4.79 Å². The molecule has 0 amide bonds. The van der Waals surface area contributed by atoms with E-state index in [1.165, 1.54) is 16.7 Å². The molecule has 104 valence electrons. The SMILES string of the molecule is Cc1ccc(CNc2cc(C(=O)O)ccc2C)c(C)c1. The molecular formula is C17H19NO2. The highest BCUT2D eigenvalue weighted by Gasteiger charge is 2.06. The van der Waals surface area contributed by atoms with Crippen LogP contribution in [0.1, 0.15) is 32.6 Å². The number of carboxylic acids is 1. The predicted octanol–water partition coefficient (Wildman–Crippen LogP) is 3.92. The van der Waals surface area contributed by atoms with E-state index in [0.717, 1.165) is 11.3 Å². The van der Waals surface area contributed by atoms with Crippen molar-refractivity contribution in [2.75, 3.05) is 5.32 Å². The minimum Gasteiger partial charge on any atom is -0.478 e. The molecule has 2 aromatic rings. The van der Waals surface area contributed by atoms with Crippen molar-refractivity contribution in [3.8, 4) is 0 Å². The molecule has 0 saturated carbocycles. The summed E-state index contributed by atoms with van der Waals surface area (Å²) in [6, 6.07) is 11.5. The predicted molar refractivity (Wildman–Crippen MR) is 81.4 cm³/mol. The molecule has 0 radical (unpaired) electrons. The fourth-order valence-electron chi connectivity index (χ4n) is 2.18. The van der Waals surface area contributed by atoms with Gasteiger partial charge in [0.1, 0.15) is 0 Å². The molecule has 0 fully saturated rings. The van der Waals surface area contributed by atoms with Gasteiger partial charge >= 0.3 is 5.97 Å². The van der Waals surface area contributed by atoms with Gasteiger partial charge in [-0.15, -0.1) is 0 Å². The Morgan fingerprint density at radius 3 is 2.45 bits per heavy atom.